The maximum atomic E-state index is 13.8. The van der Waals surface area contributed by atoms with Crippen molar-refractivity contribution in [3.8, 4) is 0 Å². The van der Waals surface area contributed by atoms with E-state index in [0.717, 1.165) is 25.9 Å². The molecule has 0 unspecified atom stereocenters. The maximum Gasteiger partial charge on any atom is 0.146 e. The van der Waals surface area contributed by atoms with Gasteiger partial charge in [0, 0.05) is 20.2 Å². The van der Waals surface area contributed by atoms with Crippen LogP contribution in [0.15, 0.2) is 18.2 Å². The Bertz CT molecular complexity index is 376. The van der Waals surface area contributed by atoms with Crippen molar-refractivity contribution in [1.82, 2.24) is 0 Å². The lowest BCUT2D eigenvalue weighted by Crippen LogP contribution is -2.37. The van der Waals surface area contributed by atoms with E-state index >= 15 is 0 Å². The Morgan fingerprint density at radius 2 is 2.12 bits per heavy atom. The maximum absolute atomic E-state index is 13.8. The van der Waals surface area contributed by atoms with Gasteiger partial charge in [-0.15, -0.1) is 0 Å². The number of methoxy groups -OCH3 is 1. The van der Waals surface area contributed by atoms with E-state index in [-0.39, 0.29) is 12.4 Å². The first kappa shape index (κ1) is 12.3. The van der Waals surface area contributed by atoms with Gasteiger partial charge in [0.05, 0.1) is 18.4 Å². The molecule has 1 N–H and O–H groups in total. The molecule has 1 heterocycles. The molecule has 1 aromatic carbocycles. The van der Waals surface area contributed by atoms with Gasteiger partial charge in [-0.05, 0) is 30.5 Å². The van der Waals surface area contributed by atoms with Crippen molar-refractivity contribution in [3.05, 3.63) is 29.6 Å². The zero-order chi connectivity index (χ0) is 12.3. The third-order valence-electron chi connectivity index (χ3n) is 3.31. The van der Waals surface area contributed by atoms with Crippen molar-refractivity contribution in [3.63, 3.8) is 0 Å². The number of anilines is 1. The van der Waals surface area contributed by atoms with Gasteiger partial charge in [-0.1, -0.05) is 6.07 Å². The van der Waals surface area contributed by atoms with Gasteiger partial charge in [-0.25, -0.2) is 4.39 Å². The van der Waals surface area contributed by atoms with Crippen LogP contribution in [-0.2, 0) is 11.3 Å². The van der Waals surface area contributed by atoms with Crippen LogP contribution in [0.3, 0.4) is 0 Å². The molecule has 17 heavy (non-hydrogen) atoms. The number of rotatable bonds is 3. The zero-order valence-corrected chi connectivity index (χ0v) is 10.0. The van der Waals surface area contributed by atoms with Crippen LogP contribution in [0.4, 0.5) is 10.1 Å². The number of benzene rings is 1. The molecule has 1 fully saturated rings. The predicted molar refractivity (Wildman–Crippen MR) is 64.6 cm³/mol. The van der Waals surface area contributed by atoms with Gasteiger partial charge in [0.15, 0.2) is 0 Å². The highest BCUT2D eigenvalue weighted by atomic mass is 19.1. The van der Waals surface area contributed by atoms with Crippen LogP contribution in [0.5, 0.6) is 0 Å². The summed E-state index contributed by atoms with van der Waals surface area (Å²) in [6, 6.07) is 4.91. The van der Waals surface area contributed by atoms with E-state index in [0.29, 0.717) is 17.4 Å². The van der Waals surface area contributed by atoms with Crippen LogP contribution in [0, 0.1) is 5.82 Å². The van der Waals surface area contributed by atoms with Gasteiger partial charge < -0.3 is 14.7 Å². The summed E-state index contributed by atoms with van der Waals surface area (Å²) in [6.07, 6.45) is 2.15. The van der Waals surface area contributed by atoms with Crippen molar-refractivity contribution in [2.24, 2.45) is 0 Å². The SMILES string of the molecule is COC1CCN(c2ccc(CO)cc2F)CC1. The molecule has 0 spiro atoms. The second-order valence-electron chi connectivity index (χ2n) is 4.37. The number of ether oxygens (including phenoxy) is 1. The van der Waals surface area contributed by atoms with Crippen LogP contribution in [0.2, 0.25) is 0 Å². The van der Waals surface area contributed by atoms with Gasteiger partial charge in [0.25, 0.3) is 0 Å². The topological polar surface area (TPSA) is 32.7 Å². The molecule has 2 rings (SSSR count). The quantitative estimate of drug-likeness (QED) is 0.875. The molecule has 0 bridgehead atoms. The number of aliphatic hydroxyl groups is 1. The molecule has 1 aliphatic heterocycles. The molecular formula is C13H18FNO2. The van der Waals surface area contributed by atoms with E-state index in [2.05, 4.69) is 0 Å². The Labute approximate surface area is 101 Å². The van der Waals surface area contributed by atoms with Crippen molar-refractivity contribution in [2.45, 2.75) is 25.6 Å². The minimum atomic E-state index is -0.257. The number of hydrogen-bond acceptors (Lipinski definition) is 3. The van der Waals surface area contributed by atoms with Crippen LogP contribution in [0.1, 0.15) is 18.4 Å². The number of aliphatic hydroxyl groups excluding tert-OH is 1. The molecule has 0 aromatic heterocycles. The number of halogens is 1. The van der Waals surface area contributed by atoms with E-state index in [1.807, 2.05) is 4.90 Å². The van der Waals surface area contributed by atoms with Gasteiger partial charge >= 0.3 is 0 Å². The first-order valence-corrected chi connectivity index (χ1v) is 5.91. The number of nitrogens with zero attached hydrogens (tertiary/aromatic N) is 1. The summed E-state index contributed by atoms with van der Waals surface area (Å²) in [5.41, 5.74) is 1.23. The molecule has 3 nitrogen and oxygen atoms in total. The van der Waals surface area contributed by atoms with E-state index in [9.17, 15) is 4.39 Å². The average molecular weight is 239 g/mol. The summed E-state index contributed by atoms with van der Waals surface area (Å²) < 4.78 is 19.1. The fourth-order valence-corrected chi connectivity index (χ4v) is 2.24. The highest BCUT2D eigenvalue weighted by molar-refractivity contribution is 5.49. The van der Waals surface area contributed by atoms with Crippen molar-refractivity contribution in [1.29, 1.82) is 0 Å². The van der Waals surface area contributed by atoms with E-state index in [4.69, 9.17) is 9.84 Å². The fourth-order valence-electron chi connectivity index (χ4n) is 2.24. The normalized spacial score (nSPS) is 17.5. The van der Waals surface area contributed by atoms with Gasteiger partial charge in [-0.3, -0.25) is 0 Å². The van der Waals surface area contributed by atoms with Crippen molar-refractivity contribution in [2.75, 3.05) is 25.1 Å². The molecule has 94 valence electrons. The third-order valence-corrected chi connectivity index (χ3v) is 3.31. The van der Waals surface area contributed by atoms with Crippen LogP contribution < -0.4 is 4.90 Å². The molecule has 1 aliphatic rings. The second kappa shape index (κ2) is 5.47. The minimum Gasteiger partial charge on any atom is -0.392 e. The fraction of sp³-hybridized carbons (Fsp3) is 0.538. The van der Waals surface area contributed by atoms with Crippen molar-refractivity contribution < 1.29 is 14.2 Å². The van der Waals surface area contributed by atoms with E-state index in [1.165, 1.54) is 6.07 Å². The summed E-state index contributed by atoms with van der Waals surface area (Å²) in [4.78, 5) is 2.03. The van der Waals surface area contributed by atoms with Crippen LogP contribution >= 0.6 is 0 Å². The van der Waals surface area contributed by atoms with E-state index < -0.39 is 0 Å². The first-order valence-electron chi connectivity index (χ1n) is 5.91. The van der Waals surface area contributed by atoms with E-state index in [1.54, 1.807) is 19.2 Å². The first-order chi connectivity index (χ1) is 8.24. The smallest absolute Gasteiger partial charge is 0.146 e. The van der Waals surface area contributed by atoms with Gasteiger partial charge in [-0.2, -0.15) is 0 Å². The minimum absolute atomic E-state index is 0.122. The van der Waals surface area contributed by atoms with Crippen LogP contribution in [-0.4, -0.2) is 31.4 Å². The Hall–Kier alpha value is -1.13. The largest absolute Gasteiger partial charge is 0.392 e. The summed E-state index contributed by atoms with van der Waals surface area (Å²) >= 11 is 0. The third kappa shape index (κ3) is 2.76. The Morgan fingerprint density at radius 1 is 1.41 bits per heavy atom. The van der Waals surface area contributed by atoms with Gasteiger partial charge in [0.2, 0.25) is 0 Å². The molecule has 0 atom stereocenters. The van der Waals surface area contributed by atoms with Gasteiger partial charge in [0.1, 0.15) is 5.82 Å². The number of hydrogen-bond donors (Lipinski definition) is 1. The highest BCUT2D eigenvalue weighted by Crippen LogP contribution is 2.24. The molecule has 0 radical (unpaired) electrons. The molecule has 4 heteroatoms. The summed E-state index contributed by atoms with van der Waals surface area (Å²) in [5, 5.41) is 8.93. The average Bonchev–Trinajstić information content (AvgIpc) is 2.39. The van der Waals surface area contributed by atoms with Crippen molar-refractivity contribution >= 4 is 5.69 Å². The molecule has 1 saturated heterocycles. The zero-order valence-electron chi connectivity index (χ0n) is 10.0. The Morgan fingerprint density at radius 3 is 2.65 bits per heavy atom. The highest BCUT2D eigenvalue weighted by Gasteiger charge is 2.20. The predicted octanol–water partition coefficient (Wildman–Crippen LogP) is 1.93. The number of piperidine rings is 1. The standard InChI is InChI=1S/C13H18FNO2/c1-17-11-4-6-15(7-5-11)13-3-2-10(9-16)8-12(13)14/h2-3,8,11,16H,4-7,9H2,1H3. The summed E-state index contributed by atoms with van der Waals surface area (Å²) in [7, 11) is 1.72. The summed E-state index contributed by atoms with van der Waals surface area (Å²) in [6.45, 7) is 1.50. The molecule has 0 amide bonds. The summed E-state index contributed by atoms with van der Waals surface area (Å²) in [5.74, 6) is -0.257. The lowest BCUT2D eigenvalue weighted by atomic mass is 10.1. The molecule has 0 saturated carbocycles. The van der Waals surface area contributed by atoms with Crippen LogP contribution in [0.25, 0.3) is 0 Å². The molecular weight excluding hydrogens is 221 g/mol. The monoisotopic (exact) mass is 239 g/mol. The molecule has 0 aliphatic carbocycles. The Kier molecular flexibility index (Phi) is 3.97. The Balaban J connectivity index is 2.08. The lowest BCUT2D eigenvalue weighted by molar-refractivity contribution is 0.0818. The second-order valence-corrected chi connectivity index (χ2v) is 4.37. The molecule has 1 aromatic rings. The lowest BCUT2D eigenvalue weighted by Gasteiger charge is -2.33.